The van der Waals surface area contributed by atoms with Crippen molar-refractivity contribution in [3.8, 4) is 6.07 Å². The second-order valence-electron chi connectivity index (χ2n) is 6.03. The van der Waals surface area contributed by atoms with E-state index in [1.165, 1.54) is 0 Å². The highest BCUT2D eigenvalue weighted by Crippen LogP contribution is 2.16. The quantitative estimate of drug-likeness (QED) is 0.875. The van der Waals surface area contributed by atoms with Crippen LogP contribution >= 0.6 is 0 Å². The standard InChI is InChI=1S/C17H25N3O/c1-13(2)17(4,12-18)19-16(21)14(3)20(5)11-15-9-7-6-8-10-15/h6-10,13-14H,11H2,1-5H3,(H,19,21)/t14-,17-/m0/s1. The van der Waals surface area contributed by atoms with E-state index in [9.17, 15) is 10.1 Å². The Labute approximate surface area is 127 Å². The Hall–Kier alpha value is -1.86. The van der Waals surface area contributed by atoms with Crippen LogP contribution in [0.5, 0.6) is 0 Å². The van der Waals surface area contributed by atoms with Crippen molar-refractivity contribution < 1.29 is 4.79 Å². The minimum atomic E-state index is -0.834. The summed E-state index contributed by atoms with van der Waals surface area (Å²) in [7, 11) is 1.91. The summed E-state index contributed by atoms with van der Waals surface area (Å²) >= 11 is 0. The predicted octanol–water partition coefficient (Wildman–Crippen LogP) is 2.56. The van der Waals surface area contributed by atoms with Gasteiger partial charge in [-0.2, -0.15) is 5.26 Å². The van der Waals surface area contributed by atoms with E-state index in [0.717, 1.165) is 5.56 Å². The molecule has 0 aliphatic rings. The highest BCUT2D eigenvalue weighted by molar-refractivity contribution is 5.82. The van der Waals surface area contributed by atoms with Gasteiger partial charge in [0.2, 0.25) is 5.91 Å². The molecular formula is C17H25N3O. The summed E-state index contributed by atoms with van der Waals surface area (Å²) < 4.78 is 0. The lowest BCUT2D eigenvalue weighted by molar-refractivity contribution is -0.127. The number of hydrogen-bond acceptors (Lipinski definition) is 3. The van der Waals surface area contributed by atoms with Crippen LogP contribution in [0, 0.1) is 17.2 Å². The van der Waals surface area contributed by atoms with Crippen LogP contribution in [0.4, 0.5) is 0 Å². The van der Waals surface area contributed by atoms with Gasteiger partial charge in [-0.1, -0.05) is 44.2 Å². The van der Waals surface area contributed by atoms with Gasteiger partial charge in [-0.3, -0.25) is 9.69 Å². The average Bonchev–Trinajstić information content (AvgIpc) is 2.46. The molecule has 2 atom stereocenters. The SMILES string of the molecule is CC(C)[C@](C)(C#N)NC(=O)[C@H](C)N(C)Cc1ccccc1. The van der Waals surface area contributed by atoms with Gasteiger partial charge < -0.3 is 5.32 Å². The topological polar surface area (TPSA) is 56.1 Å². The molecule has 0 radical (unpaired) electrons. The lowest BCUT2D eigenvalue weighted by atomic mass is 9.90. The number of likely N-dealkylation sites (N-methyl/N-ethyl adjacent to an activating group) is 1. The Kier molecular flexibility index (Phi) is 5.92. The summed E-state index contributed by atoms with van der Waals surface area (Å²) in [6.07, 6.45) is 0. The summed E-state index contributed by atoms with van der Waals surface area (Å²) in [6.45, 7) is 8.18. The summed E-state index contributed by atoms with van der Waals surface area (Å²) in [5.41, 5.74) is 0.324. The van der Waals surface area contributed by atoms with Crippen LogP contribution < -0.4 is 5.32 Å². The molecule has 0 aliphatic heterocycles. The van der Waals surface area contributed by atoms with Gasteiger partial charge in [-0.25, -0.2) is 0 Å². The normalized spacial score (nSPS) is 15.3. The number of benzene rings is 1. The molecule has 0 saturated heterocycles. The molecule has 0 spiro atoms. The predicted molar refractivity (Wildman–Crippen MR) is 84.4 cm³/mol. The van der Waals surface area contributed by atoms with Gasteiger partial charge in [0.25, 0.3) is 0 Å². The minimum absolute atomic E-state index is 0.0538. The Bertz CT molecular complexity index is 507. The second kappa shape index (κ2) is 7.24. The van der Waals surface area contributed by atoms with Crippen molar-refractivity contribution in [2.75, 3.05) is 7.05 Å². The lowest BCUT2D eigenvalue weighted by Crippen LogP contribution is -2.54. The summed E-state index contributed by atoms with van der Waals surface area (Å²) in [5, 5.41) is 12.1. The van der Waals surface area contributed by atoms with Crippen molar-refractivity contribution in [1.82, 2.24) is 10.2 Å². The zero-order chi connectivity index (χ0) is 16.0. The first-order valence-electron chi connectivity index (χ1n) is 7.27. The molecule has 1 aromatic carbocycles. The maximum Gasteiger partial charge on any atom is 0.238 e. The first kappa shape index (κ1) is 17.2. The van der Waals surface area contributed by atoms with E-state index in [1.54, 1.807) is 6.92 Å². The van der Waals surface area contributed by atoms with Gasteiger partial charge in [-0.15, -0.1) is 0 Å². The van der Waals surface area contributed by atoms with E-state index in [0.29, 0.717) is 6.54 Å². The molecular weight excluding hydrogens is 262 g/mol. The monoisotopic (exact) mass is 287 g/mol. The first-order chi connectivity index (χ1) is 9.80. The van der Waals surface area contributed by atoms with Crippen LogP contribution in [-0.4, -0.2) is 29.4 Å². The third-order valence-corrected chi connectivity index (χ3v) is 4.09. The number of amides is 1. The molecule has 0 aromatic heterocycles. The Morgan fingerprint density at radius 1 is 1.33 bits per heavy atom. The third-order valence-electron chi connectivity index (χ3n) is 4.09. The smallest absolute Gasteiger partial charge is 0.238 e. The Balaban J connectivity index is 2.68. The minimum Gasteiger partial charge on any atom is -0.336 e. The molecule has 4 heteroatoms. The molecule has 0 unspecified atom stereocenters. The number of hydrogen-bond donors (Lipinski definition) is 1. The van der Waals surface area contributed by atoms with Crippen LogP contribution in [0.2, 0.25) is 0 Å². The van der Waals surface area contributed by atoms with Gasteiger partial charge >= 0.3 is 0 Å². The summed E-state index contributed by atoms with van der Waals surface area (Å²) in [4.78, 5) is 14.3. The zero-order valence-electron chi connectivity index (χ0n) is 13.6. The molecule has 21 heavy (non-hydrogen) atoms. The molecule has 0 saturated carbocycles. The van der Waals surface area contributed by atoms with Gasteiger partial charge in [0, 0.05) is 6.54 Å². The molecule has 0 aliphatic carbocycles. The van der Waals surface area contributed by atoms with E-state index in [-0.39, 0.29) is 17.9 Å². The highest BCUT2D eigenvalue weighted by Gasteiger charge is 2.32. The van der Waals surface area contributed by atoms with E-state index < -0.39 is 5.54 Å². The molecule has 1 amide bonds. The Morgan fingerprint density at radius 2 is 1.90 bits per heavy atom. The molecule has 1 aromatic rings. The van der Waals surface area contributed by atoms with Gasteiger partial charge in [0.15, 0.2) is 0 Å². The molecule has 4 nitrogen and oxygen atoms in total. The fourth-order valence-electron chi connectivity index (χ4n) is 1.87. The number of nitrogens with zero attached hydrogens (tertiary/aromatic N) is 2. The molecule has 0 fully saturated rings. The number of nitriles is 1. The molecule has 1 rings (SSSR count). The van der Waals surface area contributed by atoms with Crippen LogP contribution in [0.3, 0.4) is 0 Å². The zero-order valence-corrected chi connectivity index (χ0v) is 13.6. The summed E-state index contributed by atoms with van der Waals surface area (Å²) in [5.74, 6) is -0.0655. The lowest BCUT2D eigenvalue weighted by Gasteiger charge is -2.31. The largest absolute Gasteiger partial charge is 0.336 e. The summed E-state index contributed by atoms with van der Waals surface area (Å²) in [6, 6.07) is 11.9. The van der Waals surface area contributed by atoms with Crippen molar-refractivity contribution in [2.45, 2.75) is 45.8 Å². The first-order valence-corrected chi connectivity index (χ1v) is 7.27. The van der Waals surface area contributed by atoms with E-state index in [1.807, 2.05) is 63.1 Å². The van der Waals surface area contributed by atoms with E-state index >= 15 is 0 Å². The molecule has 0 heterocycles. The van der Waals surface area contributed by atoms with Crippen LogP contribution in [0.15, 0.2) is 30.3 Å². The van der Waals surface area contributed by atoms with E-state index in [2.05, 4.69) is 11.4 Å². The van der Waals surface area contributed by atoms with Crippen LogP contribution in [0.25, 0.3) is 0 Å². The van der Waals surface area contributed by atoms with Crippen molar-refractivity contribution in [3.05, 3.63) is 35.9 Å². The number of rotatable bonds is 6. The number of nitrogens with one attached hydrogen (secondary N) is 1. The molecule has 114 valence electrons. The van der Waals surface area contributed by atoms with Gasteiger partial charge in [0.05, 0.1) is 12.1 Å². The van der Waals surface area contributed by atoms with Crippen molar-refractivity contribution in [1.29, 1.82) is 5.26 Å². The van der Waals surface area contributed by atoms with Crippen LogP contribution in [0.1, 0.15) is 33.3 Å². The van der Waals surface area contributed by atoms with Crippen molar-refractivity contribution in [2.24, 2.45) is 5.92 Å². The average molecular weight is 287 g/mol. The Morgan fingerprint density at radius 3 is 2.38 bits per heavy atom. The van der Waals surface area contributed by atoms with Crippen molar-refractivity contribution >= 4 is 5.91 Å². The van der Waals surface area contributed by atoms with Crippen molar-refractivity contribution in [3.63, 3.8) is 0 Å². The van der Waals surface area contributed by atoms with Gasteiger partial charge in [0.1, 0.15) is 5.54 Å². The highest BCUT2D eigenvalue weighted by atomic mass is 16.2. The van der Waals surface area contributed by atoms with E-state index in [4.69, 9.17) is 0 Å². The van der Waals surface area contributed by atoms with Gasteiger partial charge in [-0.05, 0) is 32.4 Å². The number of carbonyl (C=O) groups excluding carboxylic acids is 1. The molecule has 1 N–H and O–H groups in total. The maximum absolute atomic E-state index is 12.3. The maximum atomic E-state index is 12.3. The molecule has 0 bridgehead atoms. The third kappa shape index (κ3) is 4.57. The number of carbonyl (C=O) groups is 1. The second-order valence-corrected chi connectivity index (χ2v) is 6.03. The fraction of sp³-hybridized carbons (Fsp3) is 0.529. The van der Waals surface area contributed by atoms with Crippen LogP contribution in [-0.2, 0) is 11.3 Å². The fourth-order valence-corrected chi connectivity index (χ4v) is 1.87.